The Morgan fingerprint density at radius 3 is 2.64 bits per heavy atom. The normalized spacial score (nSPS) is 11.0. The lowest BCUT2D eigenvalue weighted by molar-refractivity contribution is 0.473. The second-order valence-corrected chi connectivity index (χ2v) is 6.44. The lowest BCUT2D eigenvalue weighted by atomic mass is 10.1. The standard InChI is InChI=1S/C16H10Cl2O3S/c17-11-3-1-2-4-15(11)22-8-9-5-16(20)21-14-7-13(19)12(18)6-10(9)14/h1-7,19H,8H2. The summed E-state index contributed by atoms with van der Waals surface area (Å²) in [6.45, 7) is 0. The Kier molecular flexibility index (Phi) is 4.34. The molecule has 22 heavy (non-hydrogen) atoms. The van der Waals surface area contributed by atoms with Crippen molar-refractivity contribution < 1.29 is 9.52 Å². The number of thioether (sulfide) groups is 1. The third-order valence-electron chi connectivity index (χ3n) is 3.12. The predicted octanol–water partition coefficient (Wildman–Crippen LogP) is 5.10. The number of aromatic hydroxyl groups is 1. The fourth-order valence-corrected chi connectivity index (χ4v) is 3.47. The summed E-state index contributed by atoms with van der Waals surface area (Å²) in [7, 11) is 0. The van der Waals surface area contributed by atoms with Gasteiger partial charge in [0.2, 0.25) is 0 Å². The Morgan fingerprint density at radius 1 is 1.09 bits per heavy atom. The van der Waals surface area contributed by atoms with Crippen molar-refractivity contribution in [1.82, 2.24) is 0 Å². The van der Waals surface area contributed by atoms with Crippen LogP contribution in [0.2, 0.25) is 10.0 Å². The van der Waals surface area contributed by atoms with Crippen LogP contribution in [-0.4, -0.2) is 5.11 Å². The number of hydrogen-bond acceptors (Lipinski definition) is 4. The highest BCUT2D eigenvalue weighted by Crippen LogP contribution is 2.34. The number of fused-ring (bicyclic) bond motifs is 1. The first-order valence-electron chi connectivity index (χ1n) is 6.37. The van der Waals surface area contributed by atoms with E-state index in [1.165, 1.54) is 23.9 Å². The van der Waals surface area contributed by atoms with Gasteiger partial charge in [-0.05, 0) is 23.8 Å². The van der Waals surface area contributed by atoms with Gasteiger partial charge in [0, 0.05) is 28.2 Å². The van der Waals surface area contributed by atoms with E-state index >= 15 is 0 Å². The highest BCUT2D eigenvalue weighted by atomic mass is 35.5. The van der Waals surface area contributed by atoms with Crippen LogP contribution in [0.4, 0.5) is 0 Å². The van der Waals surface area contributed by atoms with Gasteiger partial charge in [-0.3, -0.25) is 0 Å². The number of phenols is 1. The van der Waals surface area contributed by atoms with Crippen LogP contribution in [0.25, 0.3) is 11.0 Å². The van der Waals surface area contributed by atoms with E-state index in [2.05, 4.69) is 0 Å². The molecule has 112 valence electrons. The molecule has 0 saturated heterocycles. The quantitative estimate of drug-likeness (QED) is 0.526. The van der Waals surface area contributed by atoms with Crippen molar-refractivity contribution in [2.45, 2.75) is 10.6 Å². The molecule has 0 bridgehead atoms. The summed E-state index contributed by atoms with van der Waals surface area (Å²) >= 11 is 13.6. The van der Waals surface area contributed by atoms with Gasteiger partial charge in [0.25, 0.3) is 0 Å². The average molecular weight is 353 g/mol. The van der Waals surface area contributed by atoms with E-state index < -0.39 is 5.63 Å². The largest absolute Gasteiger partial charge is 0.506 e. The van der Waals surface area contributed by atoms with Crippen LogP contribution in [0.3, 0.4) is 0 Å². The summed E-state index contributed by atoms with van der Waals surface area (Å²) in [5.41, 5.74) is 0.617. The number of benzene rings is 2. The van der Waals surface area contributed by atoms with Gasteiger partial charge in [0.15, 0.2) is 0 Å². The fraction of sp³-hybridized carbons (Fsp3) is 0.0625. The van der Waals surface area contributed by atoms with Crippen molar-refractivity contribution in [3.05, 3.63) is 68.5 Å². The first kappa shape index (κ1) is 15.3. The Bertz CT molecular complexity index is 906. The first-order chi connectivity index (χ1) is 10.5. The van der Waals surface area contributed by atoms with Crippen molar-refractivity contribution in [3.63, 3.8) is 0 Å². The van der Waals surface area contributed by atoms with Gasteiger partial charge in [0.05, 0.1) is 10.0 Å². The Hall–Kier alpha value is -1.62. The minimum Gasteiger partial charge on any atom is -0.506 e. The molecule has 0 aliphatic rings. The molecular formula is C16H10Cl2O3S. The van der Waals surface area contributed by atoms with Gasteiger partial charge in [-0.1, -0.05) is 35.3 Å². The van der Waals surface area contributed by atoms with Gasteiger partial charge in [-0.2, -0.15) is 0 Å². The zero-order valence-corrected chi connectivity index (χ0v) is 13.5. The average Bonchev–Trinajstić information content (AvgIpc) is 2.48. The minimum absolute atomic E-state index is 0.117. The maximum Gasteiger partial charge on any atom is 0.336 e. The molecule has 0 unspecified atom stereocenters. The molecule has 0 spiro atoms. The van der Waals surface area contributed by atoms with Crippen molar-refractivity contribution in [3.8, 4) is 5.75 Å². The van der Waals surface area contributed by atoms with E-state index in [0.29, 0.717) is 21.7 Å². The van der Waals surface area contributed by atoms with E-state index in [1.54, 1.807) is 6.07 Å². The second kappa shape index (κ2) is 6.24. The molecule has 3 aromatic rings. The molecule has 1 heterocycles. The van der Waals surface area contributed by atoms with Crippen LogP contribution in [0.1, 0.15) is 5.56 Å². The van der Waals surface area contributed by atoms with E-state index in [0.717, 1.165) is 10.5 Å². The van der Waals surface area contributed by atoms with Gasteiger partial charge in [-0.15, -0.1) is 11.8 Å². The van der Waals surface area contributed by atoms with Crippen LogP contribution in [-0.2, 0) is 5.75 Å². The third kappa shape index (κ3) is 3.09. The summed E-state index contributed by atoms with van der Waals surface area (Å²) < 4.78 is 5.10. The zero-order chi connectivity index (χ0) is 15.7. The van der Waals surface area contributed by atoms with E-state index in [1.807, 2.05) is 24.3 Å². The monoisotopic (exact) mass is 352 g/mol. The first-order valence-corrected chi connectivity index (χ1v) is 8.11. The van der Waals surface area contributed by atoms with Gasteiger partial charge >= 0.3 is 5.63 Å². The minimum atomic E-state index is -0.469. The lowest BCUT2D eigenvalue weighted by Gasteiger charge is -2.07. The van der Waals surface area contributed by atoms with Crippen LogP contribution < -0.4 is 5.63 Å². The molecular weight excluding hydrogens is 343 g/mol. The van der Waals surface area contributed by atoms with Crippen LogP contribution in [0.5, 0.6) is 5.75 Å². The molecule has 0 fully saturated rings. The molecule has 0 atom stereocenters. The maximum absolute atomic E-state index is 11.7. The third-order valence-corrected chi connectivity index (χ3v) is 4.98. The molecule has 3 nitrogen and oxygen atoms in total. The molecule has 3 rings (SSSR count). The smallest absolute Gasteiger partial charge is 0.336 e. The Morgan fingerprint density at radius 2 is 1.86 bits per heavy atom. The number of hydrogen-bond donors (Lipinski definition) is 1. The van der Waals surface area contributed by atoms with Gasteiger partial charge in [-0.25, -0.2) is 4.79 Å². The number of rotatable bonds is 3. The van der Waals surface area contributed by atoms with Crippen molar-refractivity contribution in [2.75, 3.05) is 0 Å². The Labute approximate surface area is 140 Å². The summed E-state index contributed by atoms with van der Waals surface area (Å²) in [6, 6.07) is 11.9. The van der Waals surface area contributed by atoms with Crippen molar-refractivity contribution >= 4 is 45.9 Å². The second-order valence-electron chi connectivity index (χ2n) is 4.61. The molecule has 0 amide bonds. The number of halogens is 2. The molecule has 0 saturated carbocycles. The molecule has 6 heteroatoms. The van der Waals surface area contributed by atoms with Gasteiger partial charge in [0.1, 0.15) is 11.3 Å². The molecule has 2 aromatic carbocycles. The highest BCUT2D eigenvalue weighted by molar-refractivity contribution is 7.98. The summed E-state index contributed by atoms with van der Waals surface area (Å²) in [6.07, 6.45) is 0. The predicted molar refractivity (Wildman–Crippen MR) is 90.2 cm³/mol. The van der Waals surface area contributed by atoms with E-state index in [4.69, 9.17) is 27.6 Å². The van der Waals surface area contributed by atoms with Crippen molar-refractivity contribution in [1.29, 1.82) is 0 Å². The summed E-state index contributed by atoms with van der Waals surface area (Å²) in [4.78, 5) is 12.6. The Balaban J connectivity index is 2.01. The topological polar surface area (TPSA) is 50.4 Å². The van der Waals surface area contributed by atoms with Crippen LogP contribution >= 0.6 is 35.0 Å². The zero-order valence-electron chi connectivity index (χ0n) is 11.2. The maximum atomic E-state index is 11.7. The molecule has 0 aliphatic heterocycles. The number of phenolic OH excluding ortho intramolecular Hbond substituents is 1. The summed E-state index contributed by atoms with van der Waals surface area (Å²) in [5, 5.41) is 11.2. The lowest BCUT2D eigenvalue weighted by Crippen LogP contribution is -2.00. The summed E-state index contributed by atoms with van der Waals surface area (Å²) in [5.74, 6) is 0.417. The van der Waals surface area contributed by atoms with E-state index in [9.17, 15) is 9.90 Å². The molecule has 1 aromatic heterocycles. The molecule has 0 radical (unpaired) electrons. The van der Waals surface area contributed by atoms with Gasteiger partial charge < -0.3 is 9.52 Å². The highest BCUT2D eigenvalue weighted by Gasteiger charge is 2.10. The fourth-order valence-electron chi connectivity index (χ4n) is 2.07. The van der Waals surface area contributed by atoms with Crippen LogP contribution in [0.15, 0.2) is 56.6 Å². The van der Waals surface area contributed by atoms with E-state index in [-0.39, 0.29) is 10.8 Å². The SMILES string of the molecule is O=c1cc(CSc2ccccc2Cl)c2cc(Cl)c(O)cc2o1. The molecule has 0 aliphatic carbocycles. The molecule has 1 N–H and O–H groups in total. The van der Waals surface area contributed by atoms with Crippen molar-refractivity contribution in [2.24, 2.45) is 0 Å². The van der Waals surface area contributed by atoms with Crippen LogP contribution in [0, 0.1) is 0 Å².